The molecule has 5 rings (SSSR count). The summed E-state index contributed by atoms with van der Waals surface area (Å²) in [5.41, 5.74) is 4.19. The largest absolute Gasteiger partial charge is 0.494 e. The smallest absolute Gasteiger partial charge is 0.227 e. The quantitative estimate of drug-likeness (QED) is 0.294. The summed E-state index contributed by atoms with van der Waals surface area (Å²) < 4.78 is 13.8. The van der Waals surface area contributed by atoms with Gasteiger partial charge in [0.1, 0.15) is 17.3 Å². The number of amides is 1. The Bertz CT molecular complexity index is 1300. The Morgan fingerprint density at radius 2 is 1.66 bits per heavy atom. The number of carbonyl (C=O) groups excluding carboxylic acids is 1. The van der Waals surface area contributed by atoms with Gasteiger partial charge in [-0.15, -0.1) is 0 Å². The molecule has 1 aliphatic heterocycles. The first-order chi connectivity index (χ1) is 17.1. The zero-order chi connectivity index (χ0) is 24.2. The maximum Gasteiger partial charge on any atom is 0.227 e. The Hall–Kier alpha value is -3.80. The number of nitrogens with zero attached hydrogens (tertiary/aromatic N) is 3. The van der Waals surface area contributed by atoms with Gasteiger partial charge in [0, 0.05) is 31.1 Å². The van der Waals surface area contributed by atoms with Gasteiger partial charge in [0.15, 0.2) is 0 Å². The van der Waals surface area contributed by atoms with E-state index in [1.54, 1.807) is 0 Å². The zero-order valence-corrected chi connectivity index (χ0v) is 20.3. The molecule has 0 bridgehead atoms. The molecular formula is C29H31N3O3. The Kier molecular flexibility index (Phi) is 6.70. The average Bonchev–Trinajstić information content (AvgIpc) is 3.44. The first-order valence-electron chi connectivity index (χ1n) is 12.3. The van der Waals surface area contributed by atoms with E-state index in [4.69, 9.17) is 14.5 Å². The predicted molar refractivity (Wildman–Crippen MR) is 138 cm³/mol. The Balaban J connectivity index is 1.32. The fourth-order valence-corrected chi connectivity index (χ4v) is 4.71. The van der Waals surface area contributed by atoms with E-state index in [1.807, 2.05) is 66.4 Å². The highest BCUT2D eigenvalue weighted by molar-refractivity contribution is 5.96. The Morgan fingerprint density at radius 3 is 2.43 bits per heavy atom. The number of hydrogen-bond donors (Lipinski definition) is 0. The molecule has 1 amide bonds. The average molecular weight is 470 g/mol. The summed E-state index contributed by atoms with van der Waals surface area (Å²) in [5, 5.41) is 0. The summed E-state index contributed by atoms with van der Waals surface area (Å²) in [7, 11) is 0. The highest BCUT2D eigenvalue weighted by atomic mass is 16.5. The SMILES string of the molecule is CCOc1ccc(N2CC(c3nc4ccccc4n3CCCOc3ccc(C)cc3)CC2=O)cc1. The number of carbonyl (C=O) groups is 1. The van der Waals surface area contributed by atoms with Gasteiger partial charge < -0.3 is 18.9 Å². The van der Waals surface area contributed by atoms with E-state index in [-0.39, 0.29) is 11.8 Å². The van der Waals surface area contributed by atoms with Crippen LogP contribution in [0.3, 0.4) is 0 Å². The lowest BCUT2D eigenvalue weighted by Gasteiger charge is -2.18. The van der Waals surface area contributed by atoms with Gasteiger partial charge in [0.05, 0.1) is 24.2 Å². The maximum atomic E-state index is 13.0. The third-order valence-electron chi connectivity index (χ3n) is 6.45. The van der Waals surface area contributed by atoms with Crippen LogP contribution >= 0.6 is 0 Å². The third-order valence-corrected chi connectivity index (χ3v) is 6.45. The maximum absolute atomic E-state index is 13.0. The molecule has 1 saturated heterocycles. The molecule has 1 aliphatic rings. The summed E-state index contributed by atoms with van der Waals surface area (Å²) in [4.78, 5) is 19.8. The molecule has 2 heterocycles. The number of rotatable bonds is 9. The molecule has 6 heteroatoms. The normalized spacial score (nSPS) is 15.7. The van der Waals surface area contributed by atoms with Crippen LogP contribution in [-0.2, 0) is 11.3 Å². The molecule has 1 unspecified atom stereocenters. The van der Waals surface area contributed by atoms with Gasteiger partial charge in [-0.05, 0) is 68.8 Å². The van der Waals surface area contributed by atoms with Crippen molar-refractivity contribution in [1.82, 2.24) is 9.55 Å². The number of ether oxygens (including phenoxy) is 2. The van der Waals surface area contributed by atoms with E-state index in [0.29, 0.717) is 26.2 Å². The lowest BCUT2D eigenvalue weighted by atomic mass is 10.1. The monoisotopic (exact) mass is 469 g/mol. The van der Waals surface area contributed by atoms with Gasteiger partial charge in [-0.1, -0.05) is 29.8 Å². The van der Waals surface area contributed by atoms with E-state index in [9.17, 15) is 4.79 Å². The summed E-state index contributed by atoms with van der Waals surface area (Å²) in [5.74, 6) is 2.84. The van der Waals surface area contributed by atoms with E-state index < -0.39 is 0 Å². The van der Waals surface area contributed by atoms with Gasteiger partial charge in [-0.2, -0.15) is 0 Å². The van der Waals surface area contributed by atoms with Crippen molar-refractivity contribution in [2.45, 2.75) is 39.2 Å². The molecule has 3 aromatic carbocycles. The number of imidazole rings is 1. The first-order valence-corrected chi connectivity index (χ1v) is 12.3. The van der Waals surface area contributed by atoms with Gasteiger partial charge in [-0.25, -0.2) is 4.98 Å². The van der Waals surface area contributed by atoms with Crippen LogP contribution in [0.4, 0.5) is 5.69 Å². The Morgan fingerprint density at radius 1 is 0.943 bits per heavy atom. The lowest BCUT2D eigenvalue weighted by molar-refractivity contribution is -0.117. The molecule has 0 radical (unpaired) electrons. The van der Waals surface area contributed by atoms with Crippen LogP contribution in [0.1, 0.15) is 37.1 Å². The molecule has 4 aromatic rings. The highest BCUT2D eigenvalue weighted by Crippen LogP contribution is 2.34. The van der Waals surface area contributed by atoms with E-state index in [2.05, 4.69) is 29.7 Å². The fourth-order valence-electron chi connectivity index (χ4n) is 4.71. The summed E-state index contributed by atoms with van der Waals surface area (Å²) in [6.07, 6.45) is 1.31. The van der Waals surface area contributed by atoms with Crippen LogP contribution in [0, 0.1) is 6.92 Å². The number of aryl methyl sites for hydroxylation is 2. The summed E-state index contributed by atoms with van der Waals surface area (Å²) >= 11 is 0. The molecule has 1 fully saturated rings. The van der Waals surface area contributed by atoms with Crippen molar-refractivity contribution >= 4 is 22.6 Å². The number of aromatic nitrogens is 2. The van der Waals surface area contributed by atoms with Crippen molar-refractivity contribution in [3.63, 3.8) is 0 Å². The van der Waals surface area contributed by atoms with Crippen molar-refractivity contribution in [1.29, 1.82) is 0 Å². The molecule has 1 aromatic heterocycles. The molecule has 6 nitrogen and oxygen atoms in total. The molecule has 0 aliphatic carbocycles. The summed E-state index contributed by atoms with van der Waals surface area (Å²) in [6, 6.07) is 24.1. The number of para-hydroxylation sites is 2. The number of hydrogen-bond acceptors (Lipinski definition) is 4. The van der Waals surface area contributed by atoms with E-state index >= 15 is 0 Å². The van der Waals surface area contributed by atoms with Gasteiger partial charge in [0.25, 0.3) is 0 Å². The highest BCUT2D eigenvalue weighted by Gasteiger charge is 2.34. The molecule has 0 saturated carbocycles. The van der Waals surface area contributed by atoms with Crippen LogP contribution < -0.4 is 14.4 Å². The zero-order valence-electron chi connectivity index (χ0n) is 20.3. The molecule has 35 heavy (non-hydrogen) atoms. The van der Waals surface area contributed by atoms with Crippen molar-refractivity contribution in [3.05, 3.63) is 84.2 Å². The van der Waals surface area contributed by atoms with Gasteiger partial charge in [0.2, 0.25) is 5.91 Å². The molecule has 180 valence electrons. The minimum atomic E-state index is 0.0412. The van der Waals surface area contributed by atoms with Crippen molar-refractivity contribution < 1.29 is 14.3 Å². The predicted octanol–water partition coefficient (Wildman–Crippen LogP) is 5.73. The number of benzene rings is 3. The topological polar surface area (TPSA) is 56.6 Å². The second kappa shape index (κ2) is 10.2. The van der Waals surface area contributed by atoms with Crippen LogP contribution in [0.15, 0.2) is 72.8 Å². The van der Waals surface area contributed by atoms with E-state index in [1.165, 1.54) is 5.56 Å². The van der Waals surface area contributed by atoms with Crippen LogP contribution in [0.25, 0.3) is 11.0 Å². The van der Waals surface area contributed by atoms with Crippen molar-refractivity contribution in [2.75, 3.05) is 24.7 Å². The third kappa shape index (κ3) is 5.02. The Labute approximate surface area is 206 Å². The van der Waals surface area contributed by atoms with E-state index in [0.717, 1.165) is 47.0 Å². The second-order valence-electron chi connectivity index (χ2n) is 8.96. The van der Waals surface area contributed by atoms with Crippen LogP contribution in [0.5, 0.6) is 11.5 Å². The first kappa shape index (κ1) is 23.0. The molecule has 1 atom stereocenters. The van der Waals surface area contributed by atoms with Crippen LogP contribution in [-0.4, -0.2) is 35.2 Å². The second-order valence-corrected chi connectivity index (χ2v) is 8.96. The molecule has 0 N–H and O–H groups in total. The number of anilines is 1. The molecule has 0 spiro atoms. The minimum absolute atomic E-state index is 0.0412. The molecular weight excluding hydrogens is 438 g/mol. The fraction of sp³-hybridized carbons (Fsp3) is 0.310. The van der Waals surface area contributed by atoms with Crippen molar-refractivity contribution in [3.8, 4) is 11.5 Å². The standard InChI is InChI=1S/C29H31N3O3/c1-3-34-24-15-11-23(12-16-24)32-20-22(19-28(32)33)29-30-26-7-4-5-8-27(26)31(29)17-6-18-35-25-13-9-21(2)10-14-25/h4-5,7-16,22H,3,6,17-20H2,1-2H3. The summed E-state index contributed by atoms with van der Waals surface area (Å²) in [6.45, 7) is 6.68. The minimum Gasteiger partial charge on any atom is -0.494 e. The lowest BCUT2D eigenvalue weighted by Crippen LogP contribution is -2.24. The van der Waals surface area contributed by atoms with Crippen LogP contribution in [0.2, 0.25) is 0 Å². The number of fused-ring (bicyclic) bond motifs is 1. The van der Waals surface area contributed by atoms with Gasteiger partial charge in [-0.3, -0.25) is 4.79 Å². The van der Waals surface area contributed by atoms with Gasteiger partial charge >= 0.3 is 0 Å². The van der Waals surface area contributed by atoms with Crippen molar-refractivity contribution in [2.24, 2.45) is 0 Å².